The zero-order valence-corrected chi connectivity index (χ0v) is 12.9. The average molecular weight is 301 g/mol. The Morgan fingerprint density at radius 2 is 2.10 bits per heavy atom. The Morgan fingerprint density at radius 1 is 1.35 bits per heavy atom. The molecule has 0 atom stereocenters. The second-order valence-electron chi connectivity index (χ2n) is 5.12. The second-order valence-corrected chi connectivity index (χ2v) is 7.08. The van der Waals surface area contributed by atoms with E-state index in [4.69, 9.17) is 5.73 Å². The minimum atomic E-state index is -3.39. The van der Waals surface area contributed by atoms with Crippen LogP contribution < -0.4 is 16.0 Å². The molecule has 0 bridgehead atoms. The van der Waals surface area contributed by atoms with Gasteiger partial charge >= 0.3 is 0 Å². The number of nitrogens with two attached hydrogens (primary N) is 1. The lowest BCUT2D eigenvalue weighted by Gasteiger charge is -2.20. The fraction of sp³-hybridized carbons (Fsp3) is 0.750. The average Bonchev–Trinajstić information content (AvgIpc) is 2.56. The van der Waals surface area contributed by atoms with Gasteiger partial charge in [0.15, 0.2) is 20.6 Å². The van der Waals surface area contributed by atoms with Crippen LogP contribution in [0.3, 0.4) is 0 Å². The van der Waals surface area contributed by atoms with Crippen LogP contribution in [0, 0.1) is 0 Å². The molecule has 8 heteroatoms. The fourth-order valence-corrected chi connectivity index (χ4v) is 3.43. The highest BCUT2D eigenvalue weighted by molar-refractivity contribution is 7.91. The molecule has 1 aliphatic heterocycles. The highest BCUT2D eigenvalue weighted by Crippen LogP contribution is 2.30. The second kappa shape index (κ2) is 6.01. The van der Waals surface area contributed by atoms with Gasteiger partial charge in [-0.15, -0.1) is 0 Å². The van der Waals surface area contributed by atoms with Crippen LogP contribution in [-0.2, 0) is 16.4 Å². The molecule has 1 aliphatic rings. The molecule has 2 rings (SSSR count). The third-order valence-corrected chi connectivity index (χ3v) is 4.51. The Morgan fingerprint density at radius 3 is 2.75 bits per heavy atom. The lowest BCUT2D eigenvalue weighted by molar-refractivity contribution is 0.600. The van der Waals surface area contributed by atoms with Gasteiger partial charge in [0, 0.05) is 32.4 Å². The van der Waals surface area contributed by atoms with E-state index in [0.29, 0.717) is 12.4 Å². The van der Waals surface area contributed by atoms with Crippen LogP contribution in [0.4, 0.5) is 11.6 Å². The molecule has 20 heavy (non-hydrogen) atoms. The summed E-state index contributed by atoms with van der Waals surface area (Å²) >= 11 is 0. The van der Waals surface area contributed by atoms with Crippen molar-refractivity contribution in [3.05, 3.63) is 0 Å². The summed E-state index contributed by atoms with van der Waals surface area (Å²) in [6.07, 6.45) is 3.01. The van der Waals surface area contributed by atoms with Crippen molar-refractivity contribution in [2.75, 3.05) is 43.1 Å². The Kier molecular flexibility index (Phi) is 4.54. The van der Waals surface area contributed by atoms with Gasteiger partial charge in [0.1, 0.15) is 5.82 Å². The van der Waals surface area contributed by atoms with Gasteiger partial charge in [-0.05, 0) is 19.4 Å². The summed E-state index contributed by atoms with van der Waals surface area (Å²) in [6, 6.07) is 0. The monoisotopic (exact) mass is 301 g/mol. The number of nitrogens with one attached hydrogen (secondary N) is 1. The van der Waals surface area contributed by atoms with Crippen LogP contribution in [-0.4, -0.2) is 50.6 Å². The molecule has 0 unspecified atom stereocenters. The lowest BCUT2D eigenvalue weighted by atomic mass is 10.4. The molecule has 114 valence electrons. The lowest BCUT2D eigenvalue weighted by Crippen LogP contribution is -2.29. The molecule has 0 amide bonds. The summed E-state index contributed by atoms with van der Waals surface area (Å²) in [5.74, 6) is 0.753. The van der Waals surface area contributed by atoms with E-state index in [-0.39, 0.29) is 10.7 Å². The summed E-state index contributed by atoms with van der Waals surface area (Å²) in [4.78, 5) is 2.19. The van der Waals surface area contributed by atoms with Gasteiger partial charge in [0.25, 0.3) is 0 Å². The Balaban J connectivity index is 2.47. The Labute approximate surface area is 120 Å². The highest BCUT2D eigenvalue weighted by atomic mass is 32.2. The van der Waals surface area contributed by atoms with Crippen LogP contribution in [0.1, 0.15) is 19.8 Å². The third kappa shape index (κ3) is 3.06. The van der Waals surface area contributed by atoms with Crippen LogP contribution in [0.2, 0.25) is 0 Å². The van der Waals surface area contributed by atoms with E-state index >= 15 is 0 Å². The zero-order chi connectivity index (χ0) is 14.8. The number of aryl methyl sites for hydroxylation is 1. The molecule has 1 saturated heterocycles. The van der Waals surface area contributed by atoms with Gasteiger partial charge in [-0.1, -0.05) is 6.92 Å². The Hall–Kier alpha value is -1.28. The first-order valence-electron chi connectivity index (χ1n) is 6.97. The number of anilines is 2. The highest BCUT2D eigenvalue weighted by Gasteiger charge is 2.27. The first kappa shape index (κ1) is 15.1. The molecule has 0 saturated carbocycles. The van der Waals surface area contributed by atoms with Gasteiger partial charge in [-0.3, -0.25) is 0 Å². The number of hydrogen-bond donors (Lipinski definition) is 2. The van der Waals surface area contributed by atoms with E-state index in [2.05, 4.69) is 10.4 Å². The predicted octanol–water partition coefficient (Wildman–Crippen LogP) is 0.0785. The normalized spacial score (nSPS) is 17.2. The van der Waals surface area contributed by atoms with E-state index in [1.165, 1.54) is 6.26 Å². The zero-order valence-electron chi connectivity index (χ0n) is 12.1. The van der Waals surface area contributed by atoms with Crippen molar-refractivity contribution in [1.29, 1.82) is 0 Å². The number of hydrogen-bond acceptors (Lipinski definition) is 6. The van der Waals surface area contributed by atoms with Crippen molar-refractivity contribution in [3.63, 3.8) is 0 Å². The van der Waals surface area contributed by atoms with Crippen molar-refractivity contribution in [2.45, 2.75) is 31.2 Å². The molecule has 1 fully saturated rings. The maximum absolute atomic E-state index is 12.0. The standard InChI is InChI=1S/C12H23N5O2S/c1-3-7-17-11(13)10(20(2,18)19)12(15-17)16-8-4-5-14-6-9-16/h14H,3-9,13H2,1-2H3. The molecule has 0 aliphatic carbocycles. The summed E-state index contributed by atoms with van der Waals surface area (Å²) in [5, 5.41) is 7.74. The summed E-state index contributed by atoms with van der Waals surface area (Å²) < 4.78 is 25.7. The minimum Gasteiger partial charge on any atom is -0.383 e. The van der Waals surface area contributed by atoms with Gasteiger partial charge in [-0.2, -0.15) is 5.10 Å². The molecule has 1 aromatic rings. The Bertz CT molecular complexity index is 559. The number of rotatable bonds is 4. The van der Waals surface area contributed by atoms with E-state index < -0.39 is 9.84 Å². The first-order valence-corrected chi connectivity index (χ1v) is 8.86. The van der Waals surface area contributed by atoms with Crippen molar-refractivity contribution >= 4 is 21.5 Å². The predicted molar refractivity (Wildman–Crippen MR) is 79.7 cm³/mol. The van der Waals surface area contributed by atoms with E-state index in [1.807, 2.05) is 11.8 Å². The largest absolute Gasteiger partial charge is 0.383 e. The summed E-state index contributed by atoms with van der Waals surface area (Å²) in [7, 11) is -3.39. The van der Waals surface area contributed by atoms with E-state index in [0.717, 1.165) is 39.0 Å². The van der Waals surface area contributed by atoms with Gasteiger partial charge in [-0.25, -0.2) is 13.1 Å². The smallest absolute Gasteiger partial charge is 0.182 e. The maximum Gasteiger partial charge on any atom is 0.182 e. The molecular weight excluding hydrogens is 278 g/mol. The van der Waals surface area contributed by atoms with Crippen LogP contribution in [0.15, 0.2) is 4.90 Å². The van der Waals surface area contributed by atoms with Crippen molar-refractivity contribution in [1.82, 2.24) is 15.1 Å². The molecule has 0 aromatic carbocycles. The quantitative estimate of drug-likeness (QED) is 0.818. The molecule has 0 spiro atoms. The number of nitrogens with zero attached hydrogens (tertiary/aromatic N) is 3. The summed E-state index contributed by atoms with van der Waals surface area (Å²) in [5.41, 5.74) is 6.00. The van der Waals surface area contributed by atoms with Crippen LogP contribution in [0.5, 0.6) is 0 Å². The number of aromatic nitrogens is 2. The van der Waals surface area contributed by atoms with Crippen molar-refractivity contribution < 1.29 is 8.42 Å². The summed E-state index contributed by atoms with van der Waals surface area (Å²) in [6.45, 7) is 5.93. The van der Waals surface area contributed by atoms with Crippen molar-refractivity contribution in [3.8, 4) is 0 Å². The van der Waals surface area contributed by atoms with E-state index in [1.54, 1.807) is 4.68 Å². The maximum atomic E-state index is 12.0. The van der Waals surface area contributed by atoms with Gasteiger partial charge in [0.05, 0.1) is 0 Å². The molecule has 7 nitrogen and oxygen atoms in total. The van der Waals surface area contributed by atoms with Crippen LogP contribution in [0.25, 0.3) is 0 Å². The third-order valence-electron chi connectivity index (χ3n) is 3.38. The molecule has 0 radical (unpaired) electrons. The number of sulfone groups is 1. The molecule has 1 aromatic heterocycles. The first-order chi connectivity index (χ1) is 9.45. The minimum absolute atomic E-state index is 0.174. The number of nitrogen functional groups attached to an aromatic ring is 1. The molecule has 3 N–H and O–H groups in total. The van der Waals surface area contributed by atoms with E-state index in [9.17, 15) is 8.42 Å². The van der Waals surface area contributed by atoms with Gasteiger partial charge < -0.3 is 16.0 Å². The fourth-order valence-electron chi connectivity index (χ4n) is 2.45. The molecular formula is C12H23N5O2S. The van der Waals surface area contributed by atoms with Gasteiger partial charge in [0.2, 0.25) is 0 Å². The topological polar surface area (TPSA) is 93.2 Å². The van der Waals surface area contributed by atoms with Crippen LogP contribution >= 0.6 is 0 Å². The van der Waals surface area contributed by atoms with Crippen molar-refractivity contribution in [2.24, 2.45) is 0 Å². The molecule has 2 heterocycles. The SMILES string of the molecule is CCCn1nc(N2CCCNCC2)c(S(C)(=O)=O)c1N.